The zero-order chi connectivity index (χ0) is 15.7. The van der Waals surface area contributed by atoms with Crippen LogP contribution in [0.4, 0.5) is 18.9 Å². The first kappa shape index (κ1) is 17.1. The summed E-state index contributed by atoms with van der Waals surface area (Å²) in [5.41, 5.74) is -0.611. The first-order valence-corrected chi connectivity index (χ1v) is 7.63. The first-order valence-electron chi connectivity index (χ1n) is 4.95. The number of nitrogens with zero attached hydrogens (tertiary/aromatic N) is 1. The molecule has 0 radical (unpaired) electrons. The van der Waals surface area contributed by atoms with Crippen LogP contribution in [0.1, 0.15) is 13.3 Å². The van der Waals surface area contributed by atoms with Crippen LogP contribution >= 0.6 is 22.9 Å². The molecule has 114 valence electrons. The second kappa shape index (κ2) is 5.84. The van der Waals surface area contributed by atoms with E-state index in [-0.39, 0.29) is 4.34 Å². The van der Waals surface area contributed by atoms with E-state index in [2.05, 4.69) is 0 Å². The third-order valence-electron chi connectivity index (χ3n) is 2.00. The molecule has 0 saturated carbocycles. The summed E-state index contributed by atoms with van der Waals surface area (Å²) in [6.07, 6.45) is -5.88. The molecule has 1 aromatic rings. The SMILES string of the molecule is CC(CC(F)(F)F)NS(=O)(=O)c1cc([N+](=O)[O-])c(Cl)s1. The largest absolute Gasteiger partial charge is 0.390 e. The van der Waals surface area contributed by atoms with Crippen molar-refractivity contribution in [3.63, 3.8) is 0 Å². The van der Waals surface area contributed by atoms with E-state index in [1.165, 1.54) is 0 Å². The first-order chi connectivity index (χ1) is 8.92. The number of rotatable bonds is 5. The Kier molecular flexibility index (Phi) is 5.00. The van der Waals surface area contributed by atoms with E-state index in [0.717, 1.165) is 6.92 Å². The molecule has 0 fully saturated rings. The summed E-state index contributed by atoms with van der Waals surface area (Å²) in [5.74, 6) is 0. The molecule has 0 aliphatic rings. The van der Waals surface area contributed by atoms with Gasteiger partial charge in [0.1, 0.15) is 4.21 Å². The normalized spacial score (nSPS) is 14.2. The smallest absolute Gasteiger partial charge is 0.258 e. The fourth-order valence-electron chi connectivity index (χ4n) is 1.31. The van der Waals surface area contributed by atoms with E-state index in [9.17, 15) is 31.7 Å². The molecule has 20 heavy (non-hydrogen) atoms. The standard InChI is InChI=1S/C8H8ClF3N2O4S2/c1-4(3-8(10,11)12)13-20(17,18)6-2-5(14(15)16)7(9)19-6/h2,4,13H,3H2,1H3. The maximum atomic E-state index is 12.1. The van der Waals surface area contributed by atoms with Crippen molar-refractivity contribution in [1.29, 1.82) is 0 Å². The van der Waals surface area contributed by atoms with Gasteiger partial charge in [-0.2, -0.15) is 13.2 Å². The number of thiophene rings is 1. The predicted molar refractivity (Wildman–Crippen MR) is 66.4 cm³/mol. The van der Waals surface area contributed by atoms with Gasteiger partial charge in [-0.1, -0.05) is 11.6 Å². The number of nitrogens with one attached hydrogen (secondary N) is 1. The fraction of sp³-hybridized carbons (Fsp3) is 0.500. The molecular formula is C8H8ClF3N2O4S2. The highest BCUT2D eigenvalue weighted by atomic mass is 35.5. The molecule has 1 atom stereocenters. The highest BCUT2D eigenvalue weighted by Gasteiger charge is 2.33. The zero-order valence-corrected chi connectivity index (χ0v) is 12.2. The highest BCUT2D eigenvalue weighted by Crippen LogP contribution is 2.36. The molecule has 0 amide bonds. The second-order valence-corrected chi connectivity index (χ2v) is 7.42. The van der Waals surface area contributed by atoms with Gasteiger partial charge in [0.25, 0.3) is 15.7 Å². The van der Waals surface area contributed by atoms with Crippen LogP contribution in [0.3, 0.4) is 0 Å². The van der Waals surface area contributed by atoms with Gasteiger partial charge in [0.05, 0.1) is 11.3 Å². The molecule has 0 bridgehead atoms. The van der Waals surface area contributed by atoms with Gasteiger partial charge in [-0.05, 0) is 6.92 Å². The lowest BCUT2D eigenvalue weighted by Gasteiger charge is -2.14. The quantitative estimate of drug-likeness (QED) is 0.651. The summed E-state index contributed by atoms with van der Waals surface area (Å²) in [6.45, 7) is 1.04. The van der Waals surface area contributed by atoms with Gasteiger partial charge in [0, 0.05) is 12.1 Å². The molecule has 12 heteroatoms. The Hall–Kier alpha value is -0.910. The molecule has 0 aromatic carbocycles. The van der Waals surface area contributed by atoms with Crippen molar-refractivity contribution in [2.45, 2.75) is 29.8 Å². The number of nitro groups is 1. The number of alkyl halides is 3. The van der Waals surface area contributed by atoms with Crippen molar-refractivity contribution in [1.82, 2.24) is 4.72 Å². The van der Waals surface area contributed by atoms with Crippen molar-refractivity contribution in [3.05, 3.63) is 20.5 Å². The summed E-state index contributed by atoms with van der Waals surface area (Å²) in [6, 6.07) is -0.699. The Morgan fingerprint density at radius 2 is 2.10 bits per heavy atom. The van der Waals surface area contributed by atoms with Gasteiger partial charge in [-0.3, -0.25) is 10.1 Å². The van der Waals surface area contributed by atoms with Crippen molar-refractivity contribution in [2.24, 2.45) is 0 Å². The van der Waals surface area contributed by atoms with Crippen LogP contribution < -0.4 is 4.72 Å². The van der Waals surface area contributed by atoms with Crippen LogP contribution in [-0.4, -0.2) is 25.6 Å². The Morgan fingerprint density at radius 3 is 2.50 bits per heavy atom. The predicted octanol–water partition coefficient (Wildman–Crippen LogP) is 2.93. The number of hydrogen-bond donors (Lipinski definition) is 1. The molecule has 1 N–H and O–H groups in total. The third kappa shape index (κ3) is 4.58. The van der Waals surface area contributed by atoms with Crippen LogP contribution in [-0.2, 0) is 10.0 Å². The minimum absolute atomic E-state index is 0.362. The summed E-state index contributed by atoms with van der Waals surface area (Å²) in [5, 5.41) is 10.5. The highest BCUT2D eigenvalue weighted by molar-refractivity contribution is 7.91. The van der Waals surface area contributed by atoms with Gasteiger partial charge < -0.3 is 0 Å². The van der Waals surface area contributed by atoms with E-state index in [4.69, 9.17) is 11.6 Å². The lowest BCUT2D eigenvalue weighted by Crippen LogP contribution is -2.35. The molecule has 6 nitrogen and oxygen atoms in total. The van der Waals surface area contributed by atoms with Gasteiger partial charge in [-0.25, -0.2) is 13.1 Å². The molecule has 0 saturated heterocycles. The molecule has 1 aromatic heterocycles. The van der Waals surface area contributed by atoms with E-state index in [1.807, 2.05) is 0 Å². The second-order valence-electron chi connectivity index (χ2n) is 3.82. The number of sulfonamides is 1. The van der Waals surface area contributed by atoms with Crippen LogP contribution in [0, 0.1) is 10.1 Å². The lowest BCUT2D eigenvalue weighted by molar-refractivity contribution is -0.384. The van der Waals surface area contributed by atoms with Gasteiger partial charge >= 0.3 is 6.18 Å². The fourth-order valence-corrected chi connectivity index (χ4v) is 4.23. The van der Waals surface area contributed by atoms with E-state index in [0.29, 0.717) is 17.4 Å². The van der Waals surface area contributed by atoms with E-state index < -0.39 is 43.5 Å². The van der Waals surface area contributed by atoms with Gasteiger partial charge in [-0.15, -0.1) is 11.3 Å². The Morgan fingerprint density at radius 1 is 1.55 bits per heavy atom. The molecule has 0 aliphatic heterocycles. The van der Waals surface area contributed by atoms with Gasteiger partial charge in [0.2, 0.25) is 0 Å². The number of hydrogen-bond acceptors (Lipinski definition) is 5. The molecule has 0 aliphatic carbocycles. The van der Waals surface area contributed by atoms with Crippen LogP contribution in [0.2, 0.25) is 4.34 Å². The summed E-state index contributed by atoms with van der Waals surface area (Å²) in [7, 11) is -4.29. The zero-order valence-electron chi connectivity index (χ0n) is 9.77. The maximum Gasteiger partial charge on any atom is 0.390 e. The molecule has 0 spiro atoms. The molecule has 1 unspecified atom stereocenters. The lowest BCUT2D eigenvalue weighted by atomic mass is 10.2. The summed E-state index contributed by atoms with van der Waals surface area (Å²) >= 11 is 5.90. The third-order valence-corrected chi connectivity index (χ3v) is 5.40. The van der Waals surface area contributed by atoms with Gasteiger partial charge in [0.15, 0.2) is 4.34 Å². The topological polar surface area (TPSA) is 89.3 Å². The molecule has 1 heterocycles. The van der Waals surface area contributed by atoms with E-state index in [1.54, 1.807) is 4.72 Å². The Labute approximate surface area is 120 Å². The minimum Gasteiger partial charge on any atom is -0.258 e. The van der Waals surface area contributed by atoms with Crippen molar-refractivity contribution < 1.29 is 26.5 Å². The average molecular weight is 353 g/mol. The molecular weight excluding hydrogens is 345 g/mol. The monoisotopic (exact) mass is 352 g/mol. The van der Waals surface area contributed by atoms with Crippen LogP contribution in [0.5, 0.6) is 0 Å². The van der Waals surface area contributed by atoms with Crippen molar-refractivity contribution in [3.8, 4) is 0 Å². The van der Waals surface area contributed by atoms with Crippen molar-refractivity contribution in [2.75, 3.05) is 0 Å². The van der Waals surface area contributed by atoms with Crippen LogP contribution in [0.15, 0.2) is 10.3 Å². The summed E-state index contributed by atoms with van der Waals surface area (Å²) < 4.78 is 60.8. The van der Waals surface area contributed by atoms with E-state index >= 15 is 0 Å². The maximum absolute atomic E-state index is 12.1. The minimum atomic E-state index is -4.53. The Balaban J connectivity index is 2.95. The summed E-state index contributed by atoms with van der Waals surface area (Å²) in [4.78, 5) is 9.66. The molecule has 1 rings (SSSR count). The Bertz CT molecular complexity index is 614. The van der Waals surface area contributed by atoms with Crippen molar-refractivity contribution >= 4 is 38.6 Å². The van der Waals surface area contributed by atoms with Crippen LogP contribution in [0.25, 0.3) is 0 Å². The average Bonchev–Trinajstić information content (AvgIpc) is 2.56. The number of halogens is 4.